The standard InChI is InChI=1S/C28H29Cl4N3O4S/c1-3-13-33-28(37)26(14-19-7-5-4-6-8-19)34(17-20-9-11-21(29)12-10-20)27(36)18-35(40(2,38)39)25-16-23(31)22(30)15-24(25)32/h4-12,15-16,26H,3,13-14,17-18H2,1-2H3,(H,33,37)/t26-/m0/s1. The molecule has 0 aromatic heterocycles. The van der Waals surface area contributed by atoms with Crippen molar-refractivity contribution in [3.05, 3.63) is 97.9 Å². The second kappa shape index (κ2) is 14.4. The van der Waals surface area contributed by atoms with Crippen molar-refractivity contribution in [2.75, 3.05) is 23.7 Å². The first-order chi connectivity index (χ1) is 18.9. The Balaban J connectivity index is 2.07. The van der Waals surface area contributed by atoms with Crippen molar-refractivity contribution in [1.82, 2.24) is 10.2 Å². The normalized spacial score (nSPS) is 12.1. The molecule has 1 atom stereocenters. The van der Waals surface area contributed by atoms with Crippen LogP contribution in [0.5, 0.6) is 0 Å². The van der Waals surface area contributed by atoms with Gasteiger partial charge in [0.05, 0.1) is 27.0 Å². The smallest absolute Gasteiger partial charge is 0.244 e. The highest BCUT2D eigenvalue weighted by Gasteiger charge is 2.33. The van der Waals surface area contributed by atoms with Gasteiger partial charge in [-0.05, 0) is 41.8 Å². The second-order valence-electron chi connectivity index (χ2n) is 9.13. The number of nitrogens with one attached hydrogen (secondary N) is 1. The summed E-state index contributed by atoms with van der Waals surface area (Å²) in [4.78, 5) is 28.9. The third kappa shape index (κ3) is 8.75. The molecule has 0 aliphatic rings. The Morgan fingerprint density at radius 2 is 1.50 bits per heavy atom. The molecule has 12 heteroatoms. The van der Waals surface area contributed by atoms with Gasteiger partial charge in [0.15, 0.2) is 0 Å². The van der Waals surface area contributed by atoms with Crippen LogP contribution in [-0.2, 0) is 32.6 Å². The van der Waals surface area contributed by atoms with Gasteiger partial charge in [-0.25, -0.2) is 8.42 Å². The molecule has 7 nitrogen and oxygen atoms in total. The van der Waals surface area contributed by atoms with Gasteiger partial charge in [0, 0.05) is 24.5 Å². The van der Waals surface area contributed by atoms with Crippen LogP contribution in [0.25, 0.3) is 0 Å². The predicted octanol–water partition coefficient (Wildman–Crippen LogP) is 6.23. The summed E-state index contributed by atoms with van der Waals surface area (Å²) < 4.78 is 26.7. The highest BCUT2D eigenvalue weighted by atomic mass is 35.5. The quantitative estimate of drug-likeness (QED) is 0.237. The van der Waals surface area contributed by atoms with E-state index in [-0.39, 0.29) is 39.6 Å². The fraction of sp³-hybridized carbons (Fsp3) is 0.286. The summed E-state index contributed by atoms with van der Waals surface area (Å²) >= 11 is 24.6. The molecule has 0 saturated heterocycles. The summed E-state index contributed by atoms with van der Waals surface area (Å²) in [6, 6.07) is 17.8. The zero-order chi connectivity index (χ0) is 29.4. The molecule has 3 aromatic rings. The molecule has 0 aliphatic heterocycles. The average molecular weight is 645 g/mol. The third-order valence-corrected chi connectivity index (χ3v) is 8.43. The van der Waals surface area contributed by atoms with Crippen LogP contribution in [-0.4, -0.2) is 50.5 Å². The summed E-state index contributed by atoms with van der Waals surface area (Å²) in [5, 5.41) is 3.60. The van der Waals surface area contributed by atoms with E-state index >= 15 is 0 Å². The van der Waals surface area contributed by atoms with Crippen molar-refractivity contribution in [1.29, 1.82) is 0 Å². The summed E-state index contributed by atoms with van der Waals surface area (Å²) in [6.07, 6.45) is 1.87. The minimum absolute atomic E-state index is 0.00148. The summed E-state index contributed by atoms with van der Waals surface area (Å²) in [6.45, 7) is 1.74. The van der Waals surface area contributed by atoms with Crippen LogP contribution in [0.1, 0.15) is 24.5 Å². The molecular formula is C28H29Cl4N3O4S. The largest absolute Gasteiger partial charge is 0.354 e. The number of amides is 2. The lowest BCUT2D eigenvalue weighted by molar-refractivity contribution is -0.140. The van der Waals surface area contributed by atoms with E-state index in [2.05, 4.69) is 5.32 Å². The van der Waals surface area contributed by atoms with Crippen molar-refractivity contribution < 1.29 is 18.0 Å². The molecule has 0 radical (unpaired) electrons. The monoisotopic (exact) mass is 643 g/mol. The molecule has 0 bridgehead atoms. The van der Waals surface area contributed by atoms with Crippen molar-refractivity contribution in [2.45, 2.75) is 32.4 Å². The van der Waals surface area contributed by atoms with E-state index in [1.165, 1.54) is 17.0 Å². The number of rotatable bonds is 12. The van der Waals surface area contributed by atoms with Gasteiger partial charge in [-0.3, -0.25) is 13.9 Å². The lowest BCUT2D eigenvalue weighted by Crippen LogP contribution is -2.53. The number of hydrogen-bond donors (Lipinski definition) is 1. The van der Waals surface area contributed by atoms with Crippen LogP contribution in [0.15, 0.2) is 66.7 Å². The molecule has 214 valence electrons. The molecule has 0 heterocycles. The predicted molar refractivity (Wildman–Crippen MR) is 163 cm³/mol. The Labute approximate surface area is 255 Å². The number of sulfonamides is 1. The van der Waals surface area contributed by atoms with E-state index in [1.54, 1.807) is 24.3 Å². The zero-order valence-electron chi connectivity index (χ0n) is 21.9. The summed E-state index contributed by atoms with van der Waals surface area (Å²) in [5.41, 5.74) is 1.53. The van der Waals surface area contributed by atoms with Crippen LogP contribution in [0, 0.1) is 0 Å². The zero-order valence-corrected chi connectivity index (χ0v) is 25.8. The molecule has 3 rings (SSSR count). The van der Waals surface area contributed by atoms with E-state index in [4.69, 9.17) is 46.4 Å². The topological polar surface area (TPSA) is 86.8 Å². The van der Waals surface area contributed by atoms with Gasteiger partial charge >= 0.3 is 0 Å². The Hall–Kier alpha value is -2.49. The highest BCUT2D eigenvalue weighted by molar-refractivity contribution is 7.92. The Morgan fingerprint density at radius 3 is 2.10 bits per heavy atom. The van der Waals surface area contributed by atoms with Crippen molar-refractivity contribution in [3.63, 3.8) is 0 Å². The first-order valence-corrected chi connectivity index (χ1v) is 15.7. The number of anilines is 1. The molecule has 0 spiro atoms. The number of hydrogen-bond acceptors (Lipinski definition) is 4. The van der Waals surface area contributed by atoms with Gasteiger partial charge in [-0.15, -0.1) is 0 Å². The number of carbonyl (C=O) groups is 2. The number of carbonyl (C=O) groups excluding carboxylic acids is 2. The molecule has 0 saturated carbocycles. The molecule has 0 fully saturated rings. The summed E-state index contributed by atoms with van der Waals surface area (Å²) in [7, 11) is -4.01. The Bertz CT molecular complexity index is 1440. The number of benzene rings is 3. The maximum atomic E-state index is 14.0. The van der Waals surface area contributed by atoms with E-state index < -0.39 is 28.5 Å². The van der Waals surface area contributed by atoms with Crippen LogP contribution in [0.3, 0.4) is 0 Å². The maximum Gasteiger partial charge on any atom is 0.244 e. The first kappa shape index (κ1) is 32.0. The Morgan fingerprint density at radius 1 is 0.875 bits per heavy atom. The van der Waals surface area contributed by atoms with Crippen LogP contribution < -0.4 is 9.62 Å². The first-order valence-electron chi connectivity index (χ1n) is 12.4. The molecular weight excluding hydrogens is 616 g/mol. The number of nitrogens with zero attached hydrogens (tertiary/aromatic N) is 2. The SMILES string of the molecule is CCCNC(=O)[C@H](Cc1ccccc1)N(Cc1ccc(Cl)cc1)C(=O)CN(c1cc(Cl)c(Cl)cc1Cl)S(C)(=O)=O. The van der Waals surface area contributed by atoms with E-state index in [9.17, 15) is 18.0 Å². The van der Waals surface area contributed by atoms with E-state index in [0.717, 1.165) is 16.1 Å². The van der Waals surface area contributed by atoms with E-state index in [1.807, 2.05) is 37.3 Å². The van der Waals surface area contributed by atoms with Gasteiger partial charge in [0.2, 0.25) is 21.8 Å². The maximum absolute atomic E-state index is 14.0. The van der Waals surface area contributed by atoms with Crippen molar-refractivity contribution in [2.24, 2.45) is 0 Å². The van der Waals surface area contributed by atoms with Crippen molar-refractivity contribution in [3.8, 4) is 0 Å². The van der Waals surface area contributed by atoms with Gasteiger partial charge in [-0.2, -0.15) is 0 Å². The fourth-order valence-corrected chi connectivity index (χ4v) is 5.68. The van der Waals surface area contributed by atoms with Crippen molar-refractivity contribution >= 4 is 73.9 Å². The molecule has 0 aliphatic carbocycles. The lowest BCUT2D eigenvalue weighted by atomic mass is 10.0. The van der Waals surface area contributed by atoms with E-state index in [0.29, 0.717) is 23.6 Å². The van der Waals surface area contributed by atoms with Crippen LogP contribution in [0.4, 0.5) is 5.69 Å². The Kier molecular flexibility index (Phi) is 11.5. The highest BCUT2D eigenvalue weighted by Crippen LogP contribution is 2.35. The van der Waals surface area contributed by atoms with Gasteiger partial charge in [-0.1, -0.05) is 95.8 Å². The third-order valence-electron chi connectivity index (χ3n) is 6.02. The molecule has 1 N–H and O–H groups in total. The second-order valence-corrected chi connectivity index (χ2v) is 12.7. The fourth-order valence-electron chi connectivity index (χ4n) is 4.00. The minimum atomic E-state index is -4.01. The van der Waals surface area contributed by atoms with Crippen LogP contribution in [0.2, 0.25) is 20.1 Å². The van der Waals surface area contributed by atoms with Gasteiger partial charge < -0.3 is 10.2 Å². The lowest BCUT2D eigenvalue weighted by Gasteiger charge is -2.33. The minimum Gasteiger partial charge on any atom is -0.354 e. The molecule has 40 heavy (non-hydrogen) atoms. The average Bonchev–Trinajstić information content (AvgIpc) is 2.91. The molecule has 0 unspecified atom stereocenters. The summed E-state index contributed by atoms with van der Waals surface area (Å²) in [5.74, 6) is -0.971. The number of halogens is 4. The van der Waals surface area contributed by atoms with Gasteiger partial charge in [0.1, 0.15) is 12.6 Å². The van der Waals surface area contributed by atoms with Crippen LogP contribution >= 0.6 is 46.4 Å². The molecule has 3 aromatic carbocycles. The molecule has 2 amide bonds. The van der Waals surface area contributed by atoms with Gasteiger partial charge in [0.25, 0.3) is 0 Å².